The van der Waals surface area contributed by atoms with Gasteiger partial charge in [0.2, 0.25) is 40.4 Å². The first-order valence-corrected chi connectivity index (χ1v) is 10.4. The van der Waals surface area contributed by atoms with E-state index in [-0.39, 0.29) is 0 Å². The van der Waals surface area contributed by atoms with Crippen LogP contribution in [-0.2, 0) is 30.5 Å². The van der Waals surface area contributed by atoms with Crippen LogP contribution >= 0.6 is 0 Å². The van der Waals surface area contributed by atoms with Crippen LogP contribution in [0.1, 0.15) is 40.2 Å². The third-order valence-electron chi connectivity index (χ3n) is 5.12. The second kappa shape index (κ2) is 10.2. The Morgan fingerprint density at radius 3 is 1.69 bits per heavy atom. The summed E-state index contributed by atoms with van der Waals surface area (Å²) in [5.74, 6) is -19.1. The summed E-state index contributed by atoms with van der Waals surface area (Å²) >= 11 is 0. The van der Waals surface area contributed by atoms with Crippen molar-refractivity contribution in [3.63, 3.8) is 0 Å². The monoisotopic (exact) mass is 517 g/mol. The molecule has 2 aromatic rings. The number of hydrogen-bond donors (Lipinski definition) is 1. The van der Waals surface area contributed by atoms with E-state index >= 15 is 0 Å². The molecule has 2 aromatic carbocycles. The van der Waals surface area contributed by atoms with E-state index in [0.29, 0.717) is 5.56 Å². The second-order valence-corrected chi connectivity index (χ2v) is 9.29. The Labute approximate surface area is 203 Å². The summed E-state index contributed by atoms with van der Waals surface area (Å²) in [5.41, 5.74) is -0.131. The average molecular weight is 517 g/mol. The van der Waals surface area contributed by atoms with Crippen LogP contribution in [0.25, 0.3) is 0 Å². The van der Waals surface area contributed by atoms with Crippen molar-refractivity contribution in [2.45, 2.75) is 52.4 Å². The van der Waals surface area contributed by atoms with E-state index in [1.807, 2.05) is 0 Å². The maximum Gasteiger partial charge on any atom is 0.344 e. The molecule has 0 aromatic heterocycles. The van der Waals surface area contributed by atoms with Gasteiger partial charge in [0.25, 0.3) is 0 Å². The van der Waals surface area contributed by atoms with E-state index in [1.165, 1.54) is 20.8 Å². The molecule has 196 valence electrons. The fourth-order valence-electron chi connectivity index (χ4n) is 2.84. The molecule has 0 radical (unpaired) electrons. The number of carbonyl (C=O) groups is 3. The predicted octanol–water partition coefficient (Wildman–Crippen LogP) is 4.10. The van der Waals surface area contributed by atoms with Crippen molar-refractivity contribution in [2.24, 2.45) is 11.1 Å². The minimum atomic E-state index is -3.16. The average Bonchev–Trinajstić information content (AvgIpc) is 2.81. The lowest BCUT2D eigenvalue weighted by Gasteiger charge is -2.38. The third kappa shape index (κ3) is 5.48. The van der Waals surface area contributed by atoms with Crippen LogP contribution < -0.4 is 10.5 Å². The molecular formula is C24H24F5NO6. The van der Waals surface area contributed by atoms with Crippen LogP contribution in [0, 0.1) is 34.5 Å². The molecule has 2 N–H and O–H groups in total. The summed E-state index contributed by atoms with van der Waals surface area (Å²) in [4.78, 5) is 39.1. The highest BCUT2D eigenvalue weighted by atomic mass is 19.2. The van der Waals surface area contributed by atoms with Crippen LogP contribution in [0.2, 0.25) is 0 Å². The van der Waals surface area contributed by atoms with Gasteiger partial charge in [-0.15, -0.1) is 0 Å². The Bertz CT molecular complexity index is 1150. The van der Waals surface area contributed by atoms with Gasteiger partial charge >= 0.3 is 17.9 Å². The van der Waals surface area contributed by atoms with Gasteiger partial charge in [-0.2, -0.15) is 8.78 Å². The Balaban J connectivity index is 2.56. The number of rotatable bonds is 7. The van der Waals surface area contributed by atoms with E-state index in [0.717, 1.165) is 13.8 Å². The number of carbonyl (C=O) groups excluding carboxylic acids is 3. The number of benzene rings is 2. The summed E-state index contributed by atoms with van der Waals surface area (Å²) in [5, 5.41) is 0. The first kappa shape index (κ1) is 28.7. The summed E-state index contributed by atoms with van der Waals surface area (Å²) in [7, 11) is 0. The first-order valence-electron chi connectivity index (χ1n) is 10.4. The molecule has 0 aliphatic rings. The third-order valence-corrected chi connectivity index (χ3v) is 5.12. The smallest absolute Gasteiger partial charge is 0.344 e. The van der Waals surface area contributed by atoms with E-state index in [1.54, 1.807) is 30.3 Å². The highest BCUT2D eigenvalue weighted by Crippen LogP contribution is 2.37. The van der Waals surface area contributed by atoms with Gasteiger partial charge in [-0.25, -0.2) is 22.8 Å². The molecule has 0 aliphatic heterocycles. The Morgan fingerprint density at radius 2 is 1.22 bits per heavy atom. The molecule has 2 rings (SSSR count). The van der Waals surface area contributed by atoms with E-state index in [2.05, 4.69) is 4.74 Å². The van der Waals surface area contributed by atoms with Crippen molar-refractivity contribution < 1.29 is 50.5 Å². The minimum absolute atomic E-state index is 0.441. The number of esters is 3. The lowest BCUT2D eigenvalue weighted by molar-refractivity contribution is -0.184. The van der Waals surface area contributed by atoms with Crippen LogP contribution in [0.5, 0.6) is 5.75 Å². The molecule has 0 amide bonds. The molecule has 1 atom stereocenters. The van der Waals surface area contributed by atoms with Gasteiger partial charge in [-0.3, -0.25) is 4.79 Å². The number of hydrogen-bond acceptors (Lipinski definition) is 7. The summed E-state index contributed by atoms with van der Waals surface area (Å²) < 4.78 is 83.6. The Morgan fingerprint density at radius 1 is 0.750 bits per heavy atom. The number of halogens is 5. The standard InChI is InChI=1S/C24H24F5NO6/c1-22(2,3)36-19(31)23(4,5)24(30,20(32)34-11-12-9-7-6-8-10-12)21(33)35-18-16(28)14(26)13(25)15(27)17(18)29/h6-10H,11,30H2,1-5H3. The molecule has 0 aliphatic carbocycles. The van der Waals surface area contributed by atoms with Gasteiger partial charge in [0.05, 0.1) is 0 Å². The van der Waals surface area contributed by atoms with Gasteiger partial charge in [-0.05, 0) is 40.2 Å². The van der Waals surface area contributed by atoms with Gasteiger partial charge < -0.3 is 19.9 Å². The molecular weight excluding hydrogens is 493 g/mol. The van der Waals surface area contributed by atoms with E-state index in [9.17, 15) is 36.3 Å². The van der Waals surface area contributed by atoms with Crippen LogP contribution in [0.4, 0.5) is 22.0 Å². The fraction of sp³-hybridized carbons (Fsp3) is 0.375. The molecule has 1 unspecified atom stereocenters. The van der Waals surface area contributed by atoms with Crippen LogP contribution in [-0.4, -0.2) is 29.0 Å². The van der Waals surface area contributed by atoms with Crippen molar-refractivity contribution >= 4 is 17.9 Å². The lowest BCUT2D eigenvalue weighted by atomic mass is 9.72. The Hall–Kier alpha value is -3.54. The SMILES string of the molecule is CC(C)(C)OC(=O)C(C)(C)C(N)(C(=O)OCc1ccccc1)C(=O)Oc1c(F)c(F)c(F)c(F)c1F. The highest BCUT2D eigenvalue weighted by molar-refractivity contribution is 6.10. The maximum atomic E-state index is 14.2. The summed E-state index contributed by atoms with van der Waals surface area (Å²) in [6.07, 6.45) is 0. The van der Waals surface area contributed by atoms with Crippen molar-refractivity contribution in [1.29, 1.82) is 0 Å². The molecule has 0 fully saturated rings. The normalized spacial score (nSPS) is 13.5. The first-order chi connectivity index (χ1) is 16.4. The highest BCUT2D eigenvalue weighted by Gasteiger charge is 2.62. The van der Waals surface area contributed by atoms with Crippen LogP contribution in [0.3, 0.4) is 0 Å². The zero-order valence-electron chi connectivity index (χ0n) is 20.0. The van der Waals surface area contributed by atoms with Crippen molar-refractivity contribution in [2.75, 3.05) is 0 Å². The largest absolute Gasteiger partial charge is 0.459 e. The van der Waals surface area contributed by atoms with E-state index in [4.69, 9.17) is 15.2 Å². The molecule has 12 heteroatoms. The van der Waals surface area contributed by atoms with E-state index < -0.39 is 75.9 Å². The predicted molar refractivity (Wildman–Crippen MR) is 115 cm³/mol. The minimum Gasteiger partial charge on any atom is -0.459 e. The summed E-state index contributed by atoms with van der Waals surface area (Å²) in [6, 6.07) is 8.00. The molecule has 0 spiro atoms. The van der Waals surface area contributed by atoms with Gasteiger partial charge in [0, 0.05) is 0 Å². The van der Waals surface area contributed by atoms with Gasteiger partial charge in [0.1, 0.15) is 17.6 Å². The molecule has 0 saturated heterocycles. The van der Waals surface area contributed by atoms with Gasteiger partial charge in [-0.1, -0.05) is 30.3 Å². The molecule has 0 bridgehead atoms. The number of nitrogens with two attached hydrogens (primary N) is 1. The topological polar surface area (TPSA) is 105 Å². The fourth-order valence-corrected chi connectivity index (χ4v) is 2.84. The van der Waals surface area contributed by atoms with Gasteiger partial charge in [0.15, 0.2) is 0 Å². The lowest BCUT2D eigenvalue weighted by Crippen LogP contribution is -2.69. The van der Waals surface area contributed by atoms with Crippen molar-refractivity contribution in [1.82, 2.24) is 0 Å². The molecule has 0 saturated carbocycles. The quantitative estimate of drug-likeness (QED) is 0.147. The molecule has 36 heavy (non-hydrogen) atoms. The summed E-state index contributed by atoms with van der Waals surface area (Å²) in [6.45, 7) is 5.95. The molecule has 0 heterocycles. The van der Waals surface area contributed by atoms with Crippen molar-refractivity contribution in [3.05, 3.63) is 65.0 Å². The zero-order valence-corrected chi connectivity index (χ0v) is 20.0. The van der Waals surface area contributed by atoms with Crippen molar-refractivity contribution in [3.8, 4) is 5.75 Å². The van der Waals surface area contributed by atoms with Crippen LogP contribution in [0.15, 0.2) is 30.3 Å². The maximum absolute atomic E-state index is 14.2. The zero-order chi connectivity index (χ0) is 27.6. The number of ether oxygens (including phenoxy) is 3. The Kier molecular flexibility index (Phi) is 8.14. The molecule has 7 nitrogen and oxygen atoms in total. The second-order valence-electron chi connectivity index (χ2n) is 9.29.